The Morgan fingerprint density at radius 1 is 1.40 bits per heavy atom. The maximum Gasteiger partial charge on any atom is 0.0951 e. The minimum Gasteiger partial charge on any atom is -0.380 e. The van der Waals surface area contributed by atoms with Crippen LogP contribution in [0.1, 0.15) is 18.3 Å². The van der Waals surface area contributed by atoms with Crippen molar-refractivity contribution in [2.24, 2.45) is 0 Å². The van der Waals surface area contributed by atoms with Crippen LogP contribution >= 0.6 is 0 Å². The number of rotatable bonds is 7. The molecular weight excluding hydrogens is 190 g/mol. The molecule has 1 heterocycles. The van der Waals surface area contributed by atoms with Crippen LogP contribution in [0.3, 0.4) is 0 Å². The summed E-state index contributed by atoms with van der Waals surface area (Å²) in [5.74, 6) is 0. The molecule has 0 fully saturated rings. The van der Waals surface area contributed by atoms with E-state index in [0.717, 1.165) is 38.5 Å². The average Bonchev–Trinajstić information content (AvgIpc) is 2.54. The first-order valence-electron chi connectivity index (χ1n) is 5.52. The molecule has 0 spiro atoms. The summed E-state index contributed by atoms with van der Waals surface area (Å²) in [5, 5.41) is 3.33. The predicted octanol–water partition coefficient (Wildman–Crippen LogP) is 1.13. The van der Waals surface area contributed by atoms with E-state index in [1.807, 2.05) is 20.2 Å². The van der Waals surface area contributed by atoms with E-state index in [1.165, 1.54) is 5.69 Å². The van der Waals surface area contributed by atoms with Crippen LogP contribution in [0.5, 0.6) is 0 Å². The van der Waals surface area contributed by atoms with E-state index in [9.17, 15) is 0 Å². The van der Waals surface area contributed by atoms with Gasteiger partial charge in [-0.1, -0.05) is 0 Å². The second-order valence-corrected chi connectivity index (χ2v) is 3.56. The maximum absolute atomic E-state index is 5.23. The monoisotopic (exact) mass is 211 g/mol. The number of aromatic nitrogens is 2. The molecule has 1 aromatic heterocycles. The summed E-state index contributed by atoms with van der Waals surface area (Å²) in [7, 11) is 0. The molecule has 0 aromatic carbocycles. The van der Waals surface area contributed by atoms with E-state index in [4.69, 9.17) is 4.74 Å². The van der Waals surface area contributed by atoms with Crippen LogP contribution in [-0.4, -0.2) is 35.9 Å². The Labute approximate surface area is 91.7 Å². The highest BCUT2D eigenvalue weighted by Gasteiger charge is 2.00. The Balaban J connectivity index is 2.12. The number of nitrogens with zero attached hydrogens (tertiary/aromatic N) is 2. The van der Waals surface area contributed by atoms with Crippen LogP contribution in [0, 0.1) is 13.8 Å². The predicted molar refractivity (Wildman–Crippen MR) is 61.1 cm³/mol. The van der Waals surface area contributed by atoms with Gasteiger partial charge in [-0.2, -0.15) is 0 Å². The van der Waals surface area contributed by atoms with Crippen molar-refractivity contribution in [3.63, 3.8) is 0 Å². The van der Waals surface area contributed by atoms with E-state index in [-0.39, 0.29) is 0 Å². The first-order chi connectivity index (χ1) is 7.25. The highest BCUT2D eigenvalue weighted by molar-refractivity contribution is 5.08. The van der Waals surface area contributed by atoms with Crippen molar-refractivity contribution in [1.82, 2.24) is 14.9 Å². The van der Waals surface area contributed by atoms with Gasteiger partial charge in [0.2, 0.25) is 0 Å². The Kier molecular flexibility index (Phi) is 5.36. The van der Waals surface area contributed by atoms with Crippen molar-refractivity contribution in [1.29, 1.82) is 0 Å². The van der Waals surface area contributed by atoms with Crippen molar-refractivity contribution in [3.8, 4) is 0 Å². The first-order valence-corrected chi connectivity index (χ1v) is 5.52. The molecule has 4 heteroatoms. The van der Waals surface area contributed by atoms with Gasteiger partial charge in [-0.15, -0.1) is 0 Å². The fourth-order valence-corrected chi connectivity index (χ4v) is 1.38. The first kappa shape index (κ1) is 12.2. The third-order valence-electron chi connectivity index (χ3n) is 2.50. The number of hydrogen-bond acceptors (Lipinski definition) is 3. The van der Waals surface area contributed by atoms with Crippen LogP contribution in [-0.2, 0) is 11.3 Å². The fraction of sp³-hybridized carbons (Fsp3) is 0.727. The molecule has 0 aliphatic heterocycles. The van der Waals surface area contributed by atoms with Crippen molar-refractivity contribution < 1.29 is 4.74 Å². The lowest BCUT2D eigenvalue weighted by Crippen LogP contribution is -2.24. The molecular formula is C11H21N3O. The van der Waals surface area contributed by atoms with Gasteiger partial charge in [0.25, 0.3) is 0 Å². The molecule has 0 saturated heterocycles. The molecule has 0 aliphatic rings. The van der Waals surface area contributed by atoms with Crippen LogP contribution in [0.15, 0.2) is 6.33 Å². The third-order valence-corrected chi connectivity index (χ3v) is 2.50. The third kappa shape index (κ3) is 4.01. The maximum atomic E-state index is 5.23. The smallest absolute Gasteiger partial charge is 0.0951 e. The van der Waals surface area contributed by atoms with Gasteiger partial charge in [-0.3, -0.25) is 0 Å². The summed E-state index contributed by atoms with van der Waals surface area (Å²) in [6.07, 6.45) is 1.90. The van der Waals surface area contributed by atoms with Gasteiger partial charge in [-0.25, -0.2) is 4.98 Å². The van der Waals surface area contributed by atoms with Crippen LogP contribution < -0.4 is 5.32 Å². The van der Waals surface area contributed by atoms with Gasteiger partial charge in [0, 0.05) is 31.9 Å². The van der Waals surface area contributed by atoms with E-state index >= 15 is 0 Å². The van der Waals surface area contributed by atoms with Crippen LogP contribution in [0.25, 0.3) is 0 Å². The molecule has 0 bridgehead atoms. The SMILES string of the molecule is CCOCCNCCn1cnc(C)c1C. The summed E-state index contributed by atoms with van der Waals surface area (Å²) in [6.45, 7) is 10.6. The van der Waals surface area contributed by atoms with Crippen LogP contribution in [0.4, 0.5) is 0 Å². The molecule has 1 aromatic rings. The normalized spacial score (nSPS) is 10.9. The van der Waals surface area contributed by atoms with Crippen molar-refractivity contribution >= 4 is 0 Å². The van der Waals surface area contributed by atoms with E-state index in [0.29, 0.717) is 0 Å². The Bertz CT molecular complexity index is 283. The van der Waals surface area contributed by atoms with Gasteiger partial charge >= 0.3 is 0 Å². The molecule has 0 aliphatic carbocycles. The summed E-state index contributed by atoms with van der Waals surface area (Å²) in [4.78, 5) is 4.25. The topological polar surface area (TPSA) is 39.1 Å². The van der Waals surface area contributed by atoms with E-state index in [2.05, 4.69) is 21.8 Å². The second kappa shape index (κ2) is 6.58. The Morgan fingerprint density at radius 3 is 2.80 bits per heavy atom. The average molecular weight is 211 g/mol. The molecule has 4 nitrogen and oxygen atoms in total. The highest BCUT2D eigenvalue weighted by Crippen LogP contribution is 2.02. The minimum absolute atomic E-state index is 0.790. The standard InChI is InChI=1S/C11H21N3O/c1-4-15-8-6-12-5-7-14-9-13-10(2)11(14)3/h9,12H,4-8H2,1-3H3. The minimum atomic E-state index is 0.790. The fourth-order valence-electron chi connectivity index (χ4n) is 1.38. The lowest BCUT2D eigenvalue weighted by molar-refractivity contribution is 0.149. The number of aryl methyl sites for hydroxylation is 1. The molecule has 0 radical (unpaired) electrons. The van der Waals surface area contributed by atoms with Gasteiger partial charge in [0.05, 0.1) is 18.6 Å². The zero-order valence-electron chi connectivity index (χ0n) is 9.92. The lowest BCUT2D eigenvalue weighted by Gasteiger charge is -2.07. The Hall–Kier alpha value is -0.870. The van der Waals surface area contributed by atoms with Gasteiger partial charge < -0.3 is 14.6 Å². The Morgan fingerprint density at radius 2 is 2.20 bits per heavy atom. The van der Waals surface area contributed by atoms with E-state index < -0.39 is 0 Å². The van der Waals surface area contributed by atoms with Gasteiger partial charge in [-0.05, 0) is 20.8 Å². The van der Waals surface area contributed by atoms with Crippen LogP contribution in [0.2, 0.25) is 0 Å². The summed E-state index contributed by atoms with van der Waals surface area (Å²) < 4.78 is 7.40. The summed E-state index contributed by atoms with van der Waals surface area (Å²) in [6, 6.07) is 0. The zero-order valence-corrected chi connectivity index (χ0v) is 9.92. The second-order valence-electron chi connectivity index (χ2n) is 3.56. The number of ether oxygens (including phenoxy) is 1. The molecule has 15 heavy (non-hydrogen) atoms. The zero-order chi connectivity index (χ0) is 11.1. The summed E-state index contributed by atoms with van der Waals surface area (Å²) in [5.41, 5.74) is 2.37. The number of imidazole rings is 1. The molecule has 0 unspecified atom stereocenters. The largest absolute Gasteiger partial charge is 0.380 e. The molecule has 0 saturated carbocycles. The number of nitrogens with one attached hydrogen (secondary N) is 1. The van der Waals surface area contributed by atoms with Crippen molar-refractivity contribution in [3.05, 3.63) is 17.7 Å². The molecule has 0 amide bonds. The highest BCUT2D eigenvalue weighted by atomic mass is 16.5. The summed E-state index contributed by atoms with van der Waals surface area (Å²) >= 11 is 0. The van der Waals surface area contributed by atoms with Crippen molar-refractivity contribution in [2.75, 3.05) is 26.3 Å². The molecule has 1 rings (SSSR count). The van der Waals surface area contributed by atoms with Gasteiger partial charge in [0.15, 0.2) is 0 Å². The quantitative estimate of drug-likeness (QED) is 0.687. The van der Waals surface area contributed by atoms with Crippen molar-refractivity contribution in [2.45, 2.75) is 27.3 Å². The van der Waals surface area contributed by atoms with Gasteiger partial charge in [0.1, 0.15) is 0 Å². The number of hydrogen-bond donors (Lipinski definition) is 1. The van der Waals surface area contributed by atoms with E-state index in [1.54, 1.807) is 0 Å². The molecule has 86 valence electrons. The lowest BCUT2D eigenvalue weighted by atomic mass is 10.4. The molecule has 0 atom stereocenters. The molecule has 1 N–H and O–H groups in total.